The van der Waals surface area contributed by atoms with Gasteiger partial charge in [-0.2, -0.15) is 4.98 Å². The molecule has 0 spiro atoms. The molecule has 136 valence electrons. The molecule has 0 radical (unpaired) electrons. The van der Waals surface area contributed by atoms with Crippen LogP contribution in [-0.2, 0) is 11.3 Å². The lowest BCUT2D eigenvalue weighted by Crippen LogP contribution is -2.46. The molecule has 8 nitrogen and oxygen atoms in total. The van der Waals surface area contributed by atoms with E-state index in [1.807, 2.05) is 12.1 Å². The fraction of sp³-hybridized carbons (Fsp3) is 0.438. The molecule has 1 N–H and O–H groups in total. The van der Waals surface area contributed by atoms with E-state index in [4.69, 9.17) is 14.3 Å². The van der Waals surface area contributed by atoms with Crippen molar-refractivity contribution in [2.45, 2.75) is 6.54 Å². The number of rotatable bonds is 4. The number of anilines is 2. The maximum atomic E-state index is 13.7. The minimum atomic E-state index is -0.398. The van der Waals surface area contributed by atoms with Gasteiger partial charge in [-0.25, -0.2) is 9.37 Å². The second-order valence-corrected chi connectivity index (χ2v) is 5.68. The van der Waals surface area contributed by atoms with Crippen LogP contribution in [0.2, 0.25) is 0 Å². The summed E-state index contributed by atoms with van der Waals surface area (Å²) in [6.07, 6.45) is 2.94. The van der Waals surface area contributed by atoms with Crippen molar-refractivity contribution in [3.05, 3.63) is 36.2 Å². The highest BCUT2D eigenvalue weighted by atomic mass is 19.1. The number of furan rings is 1. The molecule has 9 heteroatoms. The minimum absolute atomic E-state index is 0.250. The predicted molar refractivity (Wildman–Crippen MR) is 91.2 cm³/mol. The Hall–Kier alpha value is -2.68. The van der Waals surface area contributed by atoms with Crippen LogP contribution in [0.15, 0.2) is 29.0 Å². The second kappa shape index (κ2) is 8.97. The fourth-order valence-electron chi connectivity index (χ4n) is 2.54. The van der Waals surface area contributed by atoms with E-state index >= 15 is 0 Å². The normalized spacial score (nSPS) is 14.6. The number of hydrogen-bond acceptors (Lipinski definition) is 7. The van der Waals surface area contributed by atoms with Gasteiger partial charge in [-0.05, 0) is 12.1 Å². The zero-order valence-corrected chi connectivity index (χ0v) is 14.3. The largest absolute Gasteiger partial charge is 0.483 e. The summed E-state index contributed by atoms with van der Waals surface area (Å²) in [6, 6.07) is 3.89. The fourth-order valence-corrected chi connectivity index (χ4v) is 2.54. The van der Waals surface area contributed by atoms with E-state index in [0.29, 0.717) is 11.8 Å². The SMILES string of the molecule is CN(C)c1nc(N2CCN(Cc3ccco3)CC2)ncc1F.O=CO. The lowest BCUT2D eigenvalue weighted by Gasteiger charge is -2.34. The summed E-state index contributed by atoms with van der Waals surface area (Å²) >= 11 is 0. The van der Waals surface area contributed by atoms with Gasteiger partial charge in [0, 0.05) is 40.3 Å². The summed E-state index contributed by atoms with van der Waals surface area (Å²) in [6.45, 7) is 4.00. The molecule has 1 aliphatic rings. The van der Waals surface area contributed by atoms with E-state index in [2.05, 4.69) is 19.8 Å². The summed E-state index contributed by atoms with van der Waals surface area (Å²) in [7, 11) is 3.55. The van der Waals surface area contributed by atoms with Crippen molar-refractivity contribution in [1.29, 1.82) is 0 Å². The highest BCUT2D eigenvalue weighted by molar-refractivity contribution is 5.44. The third-order valence-electron chi connectivity index (χ3n) is 3.75. The predicted octanol–water partition coefficient (Wildman–Crippen LogP) is 1.30. The minimum Gasteiger partial charge on any atom is -0.483 e. The van der Waals surface area contributed by atoms with E-state index in [1.165, 1.54) is 6.20 Å². The molecule has 0 amide bonds. The van der Waals surface area contributed by atoms with Gasteiger partial charge >= 0.3 is 0 Å². The molecule has 0 unspecified atom stereocenters. The number of aromatic nitrogens is 2. The third kappa shape index (κ3) is 5.15. The average molecular weight is 351 g/mol. The summed E-state index contributed by atoms with van der Waals surface area (Å²) in [4.78, 5) is 22.9. The van der Waals surface area contributed by atoms with Crippen LogP contribution in [0.1, 0.15) is 5.76 Å². The lowest BCUT2D eigenvalue weighted by atomic mass is 10.3. The number of halogens is 1. The number of piperazine rings is 1. The van der Waals surface area contributed by atoms with Gasteiger partial charge < -0.3 is 19.3 Å². The number of hydrogen-bond donors (Lipinski definition) is 1. The van der Waals surface area contributed by atoms with Gasteiger partial charge in [0.15, 0.2) is 11.6 Å². The molecule has 0 aliphatic carbocycles. The summed E-state index contributed by atoms with van der Waals surface area (Å²) in [5.74, 6) is 1.48. The smallest absolute Gasteiger partial charge is 0.290 e. The molecule has 0 aromatic carbocycles. The Morgan fingerprint density at radius 3 is 2.60 bits per heavy atom. The van der Waals surface area contributed by atoms with Crippen LogP contribution >= 0.6 is 0 Å². The lowest BCUT2D eigenvalue weighted by molar-refractivity contribution is -0.122. The Bertz CT molecular complexity index is 658. The van der Waals surface area contributed by atoms with Gasteiger partial charge in [0.25, 0.3) is 6.47 Å². The van der Waals surface area contributed by atoms with Gasteiger partial charge in [-0.3, -0.25) is 9.69 Å². The highest BCUT2D eigenvalue weighted by Crippen LogP contribution is 2.19. The monoisotopic (exact) mass is 351 g/mol. The van der Waals surface area contributed by atoms with Crippen molar-refractivity contribution in [2.75, 3.05) is 50.1 Å². The van der Waals surface area contributed by atoms with Gasteiger partial charge in [0.2, 0.25) is 5.95 Å². The van der Waals surface area contributed by atoms with Crippen molar-refractivity contribution in [3.8, 4) is 0 Å². The molecule has 2 aromatic heterocycles. The van der Waals surface area contributed by atoms with Crippen LogP contribution in [0.4, 0.5) is 16.2 Å². The van der Waals surface area contributed by atoms with Crippen molar-refractivity contribution >= 4 is 18.2 Å². The molecule has 3 heterocycles. The van der Waals surface area contributed by atoms with Crippen molar-refractivity contribution in [3.63, 3.8) is 0 Å². The van der Waals surface area contributed by atoms with E-state index in [0.717, 1.165) is 38.5 Å². The van der Waals surface area contributed by atoms with Crippen LogP contribution < -0.4 is 9.80 Å². The van der Waals surface area contributed by atoms with Crippen LogP contribution in [0.3, 0.4) is 0 Å². The molecule has 1 fully saturated rings. The summed E-state index contributed by atoms with van der Waals surface area (Å²) in [5.41, 5.74) is 0. The maximum Gasteiger partial charge on any atom is 0.290 e. The summed E-state index contributed by atoms with van der Waals surface area (Å²) < 4.78 is 19.0. The standard InChI is InChI=1S/C15H20FN5O.CH2O2/c1-19(2)14-13(16)10-17-15(18-14)21-7-5-20(6-8-21)11-12-4-3-9-22-12;2-1-3/h3-4,9-10H,5-8,11H2,1-2H3;1H,(H,2,3). The first kappa shape index (κ1) is 18.7. The molecular weight excluding hydrogens is 329 g/mol. The maximum absolute atomic E-state index is 13.7. The van der Waals surface area contributed by atoms with E-state index in [-0.39, 0.29) is 6.47 Å². The summed E-state index contributed by atoms with van der Waals surface area (Å²) in [5, 5.41) is 6.89. The zero-order valence-electron chi connectivity index (χ0n) is 14.3. The second-order valence-electron chi connectivity index (χ2n) is 5.68. The van der Waals surface area contributed by atoms with Crippen LogP contribution in [-0.4, -0.2) is 66.7 Å². The first-order valence-electron chi connectivity index (χ1n) is 7.82. The first-order chi connectivity index (χ1) is 12.0. The van der Waals surface area contributed by atoms with E-state index < -0.39 is 5.82 Å². The topological polar surface area (TPSA) is 85.9 Å². The molecule has 0 bridgehead atoms. The Morgan fingerprint density at radius 1 is 1.36 bits per heavy atom. The molecule has 0 atom stereocenters. The van der Waals surface area contributed by atoms with Crippen LogP contribution in [0.25, 0.3) is 0 Å². The number of nitrogens with zero attached hydrogens (tertiary/aromatic N) is 5. The van der Waals surface area contributed by atoms with E-state index in [9.17, 15) is 4.39 Å². The Balaban J connectivity index is 0.000000701. The molecule has 3 rings (SSSR count). The van der Waals surface area contributed by atoms with Crippen LogP contribution in [0, 0.1) is 5.82 Å². The van der Waals surface area contributed by atoms with Crippen molar-refractivity contribution < 1.29 is 18.7 Å². The average Bonchev–Trinajstić information content (AvgIpc) is 3.10. The third-order valence-corrected chi connectivity index (χ3v) is 3.75. The molecule has 1 saturated heterocycles. The van der Waals surface area contributed by atoms with Crippen molar-refractivity contribution in [1.82, 2.24) is 14.9 Å². The molecule has 2 aromatic rings. The van der Waals surface area contributed by atoms with Gasteiger partial charge in [0.05, 0.1) is 19.0 Å². The van der Waals surface area contributed by atoms with Gasteiger partial charge in [-0.1, -0.05) is 0 Å². The Labute approximate surface area is 145 Å². The first-order valence-corrected chi connectivity index (χ1v) is 7.82. The molecule has 25 heavy (non-hydrogen) atoms. The number of carbonyl (C=O) groups is 1. The van der Waals surface area contributed by atoms with Crippen LogP contribution in [0.5, 0.6) is 0 Å². The van der Waals surface area contributed by atoms with Gasteiger partial charge in [0.1, 0.15) is 5.76 Å². The van der Waals surface area contributed by atoms with Crippen molar-refractivity contribution in [2.24, 2.45) is 0 Å². The van der Waals surface area contributed by atoms with E-state index in [1.54, 1.807) is 25.3 Å². The Kier molecular flexibility index (Phi) is 6.70. The van der Waals surface area contributed by atoms with Gasteiger partial charge in [-0.15, -0.1) is 0 Å². The molecular formula is C16H22FN5O3. The number of carboxylic acid groups (broad SMARTS) is 1. The quantitative estimate of drug-likeness (QED) is 0.825. The molecule has 1 aliphatic heterocycles. The molecule has 0 saturated carbocycles. The zero-order chi connectivity index (χ0) is 18.2. The highest BCUT2D eigenvalue weighted by Gasteiger charge is 2.21. The Morgan fingerprint density at radius 2 is 2.04 bits per heavy atom.